The highest BCUT2D eigenvalue weighted by Gasteiger charge is 2.66. The molecular formula is C50H44N4O7. The topological polar surface area (TPSA) is 138 Å². The molecule has 0 bridgehead atoms. The van der Waals surface area contributed by atoms with Gasteiger partial charge in [-0.05, 0) is 84.5 Å². The smallest absolute Gasteiger partial charge is 0.238 e. The van der Waals surface area contributed by atoms with E-state index in [4.69, 9.17) is 9.47 Å². The lowest BCUT2D eigenvalue weighted by Gasteiger charge is -2.55. The second-order valence-corrected chi connectivity index (χ2v) is 16.2. The van der Waals surface area contributed by atoms with Crippen LogP contribution in [0.25, 0.3) is 5.57 Å². The number of ether oxygens (including phenoxy) is 2. The Balaban J connectivity index is 1.16. The van der Waals surface area contributed by atoms with Crippen molar-refractivity contribution in [2.75, 3.05) is 38.1 Å². The van der Waals surface area contributed by atoms with Gasteiger partial charge < -0.3 is 19.5 Å². The molecule has 2 amide bonds. The van der Waals surface area contributed by atoms with Crippen LogP contribution in [0.3, 0.4) is 0 Å². The molecule has 9 rings (SSSR count). The van der Waals surface area contributed by atoms with E-state index < -0.39 is 35.0 Å². The van der Waals surface area contributed by atoms with Crippen molar-refractivity contribution in [3.05, 3.63) is 156 Å². The summed E-state index contributed by atoms with van der Waals surface area (Å²) in [6, 6.07) is 35.9. The predicted octanol–water partition coefficient (Wildman–Crippen LogP) is 8.92. The van der Waals surface area contributed by atoms with E-state index in [2.05, 4.69) is 10.2 Å². The van der Waals surface area contributed by atoms with Crippen molar-refractivity contribution < 1.29 is 33.8 Å². The van der Waals surface area contributed by atoms with Crippen LogP contribution in [0.2, 0.25) is 0 Å². The number of phenolic OH excluding ortho intramolecular Hbond substituents is 1. The lowest BCUT2D eigenvalue weighted by atomic mass is 9.44. The normalized spacial score (nSPS) is 24.5. The number of benzene rings is 5. The highest BCUT2D eigenvalue weighted by Crippen LogP contribution is 2.66. The Morgan fingerprint density at radius 1 is 0.738 bits per heavy atom. The number of ketones is 2. The van der Waals surface area contributed by atoms with Crippen molar-refractivity contribution in [3.8, 4) is 17.2 Å². The number of nitrogens with zero attached hydrogens (tertiary/aromatic N) is 4. The number of hydrogen-bond acceptors (Lipinski definition) is 10. The summed E-state index contributed by atoms with van der Waals surface area (Å²) in [5.41, 5.74) is 3.93. The number of allylic oxidation sites excluding steroid dienone is 4. The van der Waals surface area contributed by atoms with Gasteiger partial charge in [0.2, 0.25) is 11.8 Å². The van der Waals surface area contributed by atoms with Gasteiger partial charge in [-0.3, -0.25) is 24.1 Å². The molecule has 306 valence electrons. The van der Waals surface area contributed by atoms with Crippen LogP contribution in [0.5, 0.6) is 17.2 Å². The maximum atomic E-state index is 15.4. The summed E-state index contributed by atoms with van der Waals surface area (Å²) >= 11 is 0. The van der Waals surface area contributed by atoms with Crippen molar-refractivity contribution in [3.63, 3.8) is 0 Å². The fourth-order valence-electron chi connectivity index (χ4n) is 10.3. The minimum absolute atomic E-state index is 0.108. The zero-order valence-corrected chi connectivity index (χ0v) is 34.2. The van der Waals surface area contributed by atoms with Gasteiger partial charge in [0.25, 0.3) is 0 Å². The summed E-state index contributed by atoms with van der Waals surface area (Å²) in [6.45, 7) is 0. The van der Waals surface area contributed by atoms with E-state index >= 15 is 9.59 Å². The first-order chi connectivity index (χ1) is 29.6. The van der Waals surface area contributed by atoms with Crippen molar-refractivity contribution in [1.82, 2.24) is 0 Å². The number of imide groups is 1. The number of carbonyl (C=O) groups is 4. The Labute approximate surface area is 353 Å². The van der Waals surface area contributed by atoms with Crippen molar-refractivity contribution >= 4 is 51.7 Å². The molecule has 1 saturated carbocycles. The summed E-state index contributed by atoms with van der Waals surface area (Å²) in [6.07, 6.45) is 3.83. The molecule has 1 aliphatic heterocycles. The molecule has 1 heterocycles. The summed E-state index contributed by atoms with van der Waals surface area (Å²) in [5, 5.41) is 19.6. The quantitative estimate of drug-likeness (QED) is 0.0885. The molecule has 11 nitrogen and oxygen atoms in total. The van der Waals surface area contributed by atoms with Crippen LogP contribution in [0.4, 0.5) is 22.7 Å². The summed E-state index contributed by atoms with van der Waals surface area (Å²) < 4.78 is 11.9. The molecule has 2 fully saturated rings. The summed E-state index contributed by atoms with van der Waals surface area (Å²) in [7, 11) is 6.88. The van der Waals surface area contributed by atoms with Gasteiger partial charge in [0.15, 0.2) is 11.6 Å². The molecular weight excluding hydrogens is 769 g/mol. The van der Waals surface area contributed by atoms with Gasteiger partial charge in [-0.15, -0.1) is 0 Å². The number of rotatable bonds is 9. The number of fused-ring (bicyclic) bond motifs is 4. The Kier molecular flexibility index (Phi) is 9.97. The number of azo groups is 1. The molecule has 1 saturated heterocycles. The zero-order chi connectivity index (χ0) is 42.6. The number of aromatic hydroxyl groups is 1. The fraction of sp³-hybridized carbons (Fsp3) is 0.240. The molecule has 5 aromatic rings. The zero-order valence-electron chi connectivity index (χ0n) is 34.2. The minimum Gasteiger partial charge on any atom is -0.508 e. The van der Waals surface area contributed by atoms with E-state index in [9.17, 15) is 14.7 Å². The minimum atomic E-state index is -1.51. The highest BCUT2D eigenvalue weighted by atomic mass is 16.5. The average Bonchev–Trinajstić information content (AvgIpc) is 3.55. The van der Waals surface area contributed by atoms with Crippen LogP contribution in [-0.4, -0.2) is 56.8 Å². The summed E-state index contributed by atoms with van der Waals surface area (Å²) in [5.74, 6) is -4.78. The number of methoxy groups -OCH3 is 2. The first kappa shape index (κ1) is 39.3. The number of hydrogen-bond donors (Lipinski definition) is 1. The Morgan fingerprint density at radius 3 is 1.92 bits per heavy atom. The maximum absolute atomic E-state index is 15.4. The van der Waals surface area contributed by atoms with Gasteiger partial charge in [0.05, 0.1) is 48.5 Å². The van der Waals surface area contributed by atoms with E-state index in [0.717, 1.165) is 11.3 Å². The molecule has 0 aromatic heterocycles. The van der Waals surface area contributed by atoms with Crippen LogP contribution in [-0.2, 0) is 24.6 Å². The predicted molar refractivity (Wildman–Crippen MR) is 232 cm³/mol. The number of Topliss-reactive ketones (excluding diaryl/α,β-unsaturated/α-hetero) is 1. The third kappa shape index (κ3) is 6.34. The molecule has 11 heteroatoms. The number of carbonyl (C=O) groups excluding carboxylic acids is 4. The van der Waals surface area contributed by atoms with Crippen LogP contribution in [0, 0.1) is 23.7 Å². The Morgan fingerprint density at radius 2 is 1.33 bits per heavy atom. The highest BCUT2D eigenvalue weighted by molar-refractivity contribution is 6.32. The standard InChI is InChI=1S/C50H44N4O7/c1-53(2)33-19-15-31(16-20-33)51-52-32-17-21-34(22-18-32)54-48(58)37-24-23-36-39(44(37)49(54)59)27-40-47(57)38(29-11-7-5-8-12-29)28-43(56)50(40,30-13-9-6-10-14-30)46(36)45-41(60-3)25-35(55)26-42(45)61-4/h5-23,25-26,28,37,39-40,44,46,55H,24,27H2,1-4H3. The Bertz CT molecular complexity index is 2630. The van der Waals surface area contributed by atoms with E-state index in [1.807, 2.05) is 110 Å². The van der Waals surface area contributed by atoms with Gasteiger partial charge in [-0.1, -0.05) is 72.3 Å². The van der Waals surface area contributed by atoms with Gasteiger partial charge in [0, 0.05) is 54.9 Å². The van der Waals surface area contributed by atoms with Crippen LogP contribution >= 0.6 is 0 Å². The van der Waals surface area contributed by atoms with E-state index in [1.54, 1.807) is 24.3 Å². The molecule has 6 atom stereocenters. The first-order valence-electron chi connectivity index (χ1n) is 20.3. The molecule has 0 radical (unpaired) electrons. The third-order valence-electron chi connectivity index (χ3n) is 12.9. The molecule has 6 unspecified atom stereocenters. The molecule has 0 spiro atoms. The second kappa shape index (κ2) is 15.5. The van der Waals surface area contributed by atoms with Gasteiger partial charge in [-0.25, -0.2) is 0 Å². The molecule has 61 heavy (non-hydrogen) atoms. The van der Waals surface area contributed by atoms with E-state index in [-0.39, 0.29) is 53.5 Å². The SMILES string of the molecule is COc1cc(O)cc(OC)c1C1C2=CCC3C(=O)N(c4ccc(N=Nc5ccc(N(C)C)cc5)cc4)C(=O)C3C2CC2C(=O)C(c3ccccc3)=CC(=O)C21c1ccccc1. The monoisotopic (exact) mass is 812 g/mol. The number of anilines is 2. The summed E-state index contributed by atoms with van der Waals surface area (Å²) in [4.78, 5) is 63.4. The van der Waals surface area contributed by atoms with Crippen LogP contribution < -0.4 is 19.3 Å². The lowest BCUT2D eigenvalue weighted by molar-refractivity contribution is -0.135. The average molecular weight is 813 g/mol. The van der Waals surface area contributed by atoms with Crippen LogP contribution in [0.1, 0.15) is 35.4 Å². The molecule has 4 aliphatic rings. The van der Waals surface area contributed by atoms with Crippen molar-refractivity contribution in [2.45, 2.75) is 24.2 Å². The van der Waals surface area contributed by atoms with E-state index in [0.29, 0.717) is 39.3 Å². The first-order valence-corrected chi connectivity index (χ1v) is 20.3. The van der Waals surface area contributed by atoms with Crippen molar-refractivity contribution in [1.29, 1.82) is 0 Å². The largest absolute Gasteiger partial charge is 0.508 e. The lowest BCUT2D eigenvalue weighted by Crippen LogP contribution is -2.59. The second-order valence-electron chi connectivity index (χ2n) is 16.2. The number of phenols is 1. The fourth-order valence-corrected chi connectivity index (χ4v) is 10.3. The molecule has 3 aliphatic carbocycles. The Hall–Kier alpha value is -7.14. The molecule has 5 aromatic carbocycles. The van der Waals surface area contributed by atoms with E-state index in [1.165, 1.54) is 37.3 Å². The maximum Gasteiger partial charge on any atom is 0.238 e. The van der Waals surface area contributed by atoms with Crippen molar-refractivity contribution in [2.24, 2.45) is 33.9 Å². The van der Waals surface area contributed by atoms with Gasteiger partial charge in [-0.2, -0.15) is 10.2 Å². The number of amides is 2. The van der Waals surface area contributed by atoms with Crippen LogP contribution in [0.15, 0.2) is 149 Å². The van der Waals surface area contributed by atoms with Gasteiger partial charge in [0.1, 0.15) is 17.2 Å². The molecule has 1 N–H and O–H groups in total. The van der Waals surface area contributed by atoms with Gasteiger partial charge >= 0.3 is 0 Å². The third-order valence-corrected chi connectivity index (χ3v) is 12.9.